The second kappa shape index (κ2) is 15.7. The molecule has 3 N–H and O–H groups in total. The Morgan fingerprint density at radius 2 is 1.45 bits per heavy atom. The number of aliphatic carboxylic acids is 1. The SMILES string of the molecule is CCOCCOCCOCCNC(=O)[C@H](CCC(=O)O)NC(=O)OCC1c2ccccc2-c2ccccc21. The molecule has 0 unspecified atom stereocenters. The van der Waals surface area contributed by atoms with Crippen LogP contribution in [0, 0.1) is 0 Å². The van der Waals surface area contributed by atoms with E-state index in [1.54, 1.807) is 0 Å². The van der Waals surface area contributed by atoms with Gasteiger partial charge in [0, 0.05) is 25.5 Å². The molecule has 2 aromatic rings. The van der Waals surface area contributed by atoms with Gasteiger partial charge in [0.15, 0.2) is 0 Å². The molecule has 0 radical (unpaired) electrons. The Hall–Kier alpha value is -3.47. The van der Waals surface area contributed by atoms with Crippen molar-refractivity contribution in [2.24, 2.45) is 0 Å². The van der Waals surface area contributed by atoms with Crippen molar-refractivity contribution >= 4 is 18.0 Å². The van der Waals surface area contributed by atoms with E-state index in [-0.39, 0.29) is 38.5 Å². The maximum Gasteiger partial charge on any atom is 0.407 e. The van der Waals surface area contributed by atoms with E-state index in [1.165, 1.54) is 0 Å². The first-order valence-corrected chi connectivity index (χ1v) is 12.9. The van der Waals surface area contributed by atoms with Crippen molar-refractivity contribution in [2.75, 3.05) is 52.8 Å². The topological polar surface area (TPSA) is 132 Å². The Labute approximate surface area is 222 Å². The molecule has 2 aromatic carbocycles. The molecule has 0 spiro atoms. The quantitative estimate of drug-likeness (QED) is 0.267. The molecule has 0 heterocycles. The molecule has 2 amide bonds. The number of ether oxygens (including phenoxy) is 4. The predicted molar refractivity (Wildman–Crippen MR) is 140 cm³/mol. The van der Waals surface area contributed by atoms with Crippen LogP contribution in [0.1, 0.15) is 36.8 Å². The number of alkyl carbamates (subject to hydrolysis) is 1. The molecule has 1 atom stereocenters. The minimum atomic E-state index is -1.06. The number of amides is 2. The van der Waals surface area contributed by atoms with Gasteiger partial charge in [-0.3, -0.25) is 9.59 Å². The van der Waals surface area contributed by atoms with E-state index in [4.69, 9.17) is 24.1 Å². The van der Waals surface area contributed by atoms with Crippen LogP contribution in [-0.2, 0) is 28.5 Å². The van der Waals surface area contributed by atoms with Crippen LogP contribution in [0.15, 0.2) is 48.5 Å². The summed E-state index contributed by atoms with van der Waals surface area (Å²) in [6, 6.07) is 14.9. The van der Waals surface area contributed by atoms with Gasteiger partial charge in [0.1, 0.15) is 12.6 Å². The van der Waals surface area contributed by atoms with E-state index in [1.807, 2.05) is 55.5 Å². The molecule has 206 valence electrons. The van der Waals surface area contributed by atoms with E-state index >= 15 is 0 Å². The first-order chi connectivity index (χ1) is 18.5. The van der Waals surface area contributed by atoms with Gasteiger partial charge in [-0.05, 0) is 35.6 Å². The van der Waals surface area contributed by atoms with Crippen LogP contribution in [0.5, 0.6) is 0 Å². The lowest BCUT2D eigenvalue weighted by Gasteiger charge is -2.19. The molecule has 10 nitrogen and oxygen atoms in total. The lowest BCUT2D eigenvalue weighted by Crippen LogP contribution is -2.48. The Morgan fingerprint density at radius 3 is 2.05 bits per heavy atom. The van der Waals surface area contributed by atoms with E-state index in [9.17, 15) is 14.4 Å². The lowest BCUT2D eigenvalue weighted by atomic mass is 9.98. The number of benzene rings is 2. The summed E-state index contributed by atoms with van der Waals surface area (Å²) in [5.41, 5.74) is 4.35. The summed E-state index contributed by atoms with van der Waals surface area (Å²) in [5.74, 6) is -1.69. The van der Waals surface area contributed by atoms with E-state index in [0.717, 1.165) is 22.3 Å². The summed E-state index contributed by atoms with van der Waals surface area (Å²) < 4.78 is 21.4. The molecular weight excluding hydrogens is 492 g/mol. The minimum absolute atomic E-state index is 0.0696. The Bertz CT molecular complexity index is 1020. The standard InChI is InChI=1S/C28H36N2O8/c1-2-35-15-16-37-18-17-36-14-13-29-27(33)25(11-12-26(31)32)30-28(34)38-19-24-22-9-5-3-7-20(22)21-8-4-6-10-23(21)24/h3-10,24-25H,2,11-19H2,1H3,(H,29,33)(H,30,34)(H,31,32)/t25-/m0/s1. The van der Waals surface area contributed by atoms with Gasteiger partial charge in [-0.25, -0.2) is 4.79 Å². The van der Waals surface area contributed by atoms with Gasteiger partial charge in [0.25, 0.3) is 0 Å². The van der Waals surface area contributed by atoms with Gasteiger partial charge in [-0.15, -0.1) is 0 Å². The zero-order chi connectivity index (χ0) is 27.2. The summed E-state index contributed by atoms with van der Waals surface area (Å²) in [7, 11) is 0. The molecule has 1 aliphatic rings. The molecule has 1 aliphatic carbocycles. The number of hydrogen-bond donors (Lipinski definition) is 3. The van der Waals surface area contributed by atoms with Gasteiger partial charge < -0.3 is 34.7 Å². The zero-order valence-electron chi connectivity index (χ0n) is 21.6. The van der Waals surface area contributed by atoms with Crippen LogP contribution in [0.4, 0.5) is 4.79 Å². The van der Waals surface area contributed by atoms with E-state index in [0.29, 0.717) is 33.0 Å². The second-order valence-corrected chi connectivity index (χ2v) is 8.67. The molecule has 0 aromatic heterocycles. The molecule has 0 saturated heterocycles. The summed E-state index contributed by atoms with van der Waals surface area (Å²) in [6.07, 6.45) is -1.13. The third-order valence-corrected chi connectivity index (χ3v) is 6.09. The molecule has 3 rings (SSSR count). The molecular formula is C28H36N2O8. The number of fused-ring (bicyclic) bond motifs is 3. The fraction of sp³-hybridized carbons (Fsp3) is 0.464. The van der Waals surface area contributed by atoms with Crippen molar-refractivity contribution in [3.63, 3.8) is 0 Å². The average molecular weight is 529 g/mol. The number of hydrogen-bond acceptors (Lipinski definition) is 7. The molecule has 38 heavy (non-hydrogen) atoms. The monoisotopic (exact) mass is 528 g/mol. The fourth-order valence-electron chi connectivity index (χ4n) is 4.27. The van der Waals surface area contributed by atoms with Gasteiger partial charge >= 0.3 is 12.1 Å². The van der Waals surface area contributed by atoms with Crippen molar-refractivity contribution in [3.05, 3.63) is 59.7 Å². The van der Waals surface area contributed by atoms with Gasteiger partial charge in [0.05, 0.1) is 33.0 Å². The smallest absolute Gasteiger partial charge is 0.407 e. The highest BCUT2D eigenvalue weighted by Crippen LogP contribution is 2.44. The molecule has 0 saturated carbocycles. The third-order valence-electron chi connectivity index (χ3n) is 6.09. The fourth-order valence-corrected chi connectivity index (χ4v) is 4.27. The van der Waals surface area contributed by atoms with Gasteiger partial charge in [-0.2, -0.15) is 0 Å². The summed E-state index contributed by atoms with van der Waals surface area (Å²) >= 11 is 0. The van der Waals surface area contributed by atoms with Crippen LogP contribution in [0.3, 0.4) is 0 Å². The van der Waals surface area contributed by atoms with Crippen molar-refractivity contribution in [1.29, 1.82) is 0 Å². The number of carboxylic acids is 1. The highest BCUT2D eigenvalue weighted by atomic mass is 16.6. The molecule has 0 aliphatic heterocycles. The summed E-state index contributed by atoms with van der Waals surface area (Å²) in [5, 5.41) is 14.2. The third kappa shape index (κ3) is 8.83. The second-order valence-electron chi connectivity index (χ2n) is 8.67. The lowest BCUT2D eigenvalue weighted by molar-refractivity contribution is -0.137. The zero-order valence-corrected chi connectivity index (χ0v) is 21.6. The summed E-state index contributed by atoms with van der Waals surface area (Å²) in [4.78, 5) is 36.3. The normalized spacial score (nSPS) is 12.9. The van der Waals surface area contributed by atoms with Crippen molar-refractivity contribution in [3.8, 4) is 11.1 Å². The number of carboxylic acid groups (broad SMARTS) is 1. The first kappa shape index (κ1) is 29.1. The van der Waals surface area contributed by atoms with Crippen LogP contribution in [-0.4, -0.2) is 81.9 Å². The van der Waals surface area contributed by atoms with E-state index in [2.05, 4.69) is 10.6 Å². The Balaban J connectivity index is 1.44. The number of carbonyl (C=O) groups is 3. The maximum absolute atomic E-state index is 12.6. The first-order valence-electron chi connectivity index (χ1n) is 12.9. The Morgan fingerprint density at radius 1 is 0.868 bits per heavy atom. The van der Waals surface area contributed by atoms with Crippen LogP contribution >= 0.6 is 0 Å². The largest absolute Gasteiger partial charge is 0.481 e. The highest BCUT2D eigenvalue weighted by molar-refractivity contribution is 5.86. The average Bonchev–Trinajstić information content (AvgIpc) is 3.24. The van der Waals surface area contributed by atoms with Crippen LogP contribution in [0.2, 0.25) is 0 Å². The Kier molecular flexibility index (Phi) is 12.0. The molecule has 10 heteroatoms. The van der Waals surface area contributed by atoms with Crippen LogP contribution in [0.25, 0.3) is 11.1 Å². The minimum Gasteiger partial charge on any atom is -0.481 e. The van der Waals surface area contributed by atoms with Crippen molar-refractivity contribution < 1.29 is 38.4 Å². The summed E-state index contributed by atoms with van der Waals surface area (Å²) in [6.45, 7) is 4.88. The van der Waals surface area contributed by atoms with Crippen molar-refractivity contribution in [1.82, 2.24) is 10.6 Å². The van der Waals surface area contributed by atoms with Crippen molar-refractivity contribution in [2.45, 2.75) is 31.7 Å². The molecule has 0 fully saturated rings. The van der Waals surface area contributed by atoms with Crippen LogP contribution < -0.4 is 10.6 Å². The number of rotatable bonds is 17. The highest BCUT2D eigenvalue weighted by Gasteiger charge is 2.30. The number of nitrogens with one attached hydrogen (secondary N) is 2. The van der Waals surface area contributed by atoms with E-state index < -0.39 is 24.0 Å². The van der Waals surface area contributed by atoms with Gasteiger partial charge in [-0.1, -0.05) is 48.5 Å². The van der Waals surface area contributed by atoms with Gasteiger partial charge in [0.2, 0.25) is 5.91 Å². The maximum atomic E-state index is 12.6. The number of carbonyl (C=O) groups excluding carboxylic acids is 2. The molecule has 0 bridgehead atoms. The predicted octanol–water partition coefficient (Wildman–Crippen LogP) is 2.94.